The first-order valence-corrected chi connectivity index (χ1v) is 10.5. The maximum absolute atomic E-state index is 12.5. The van der Waals surface area contributed by atoms with Crippen LogP contribution in [0.3, 0.4) is 0 Å². The van der Waals surface area contributed by atoms with Crippen LogP contribution < -0.4 is 9.64 Å². The molecule has 0 unspecified atom stereocenters. The molecule has 4 rings (SSSR count). The summed E-state index contributed by atoms with van der Waals surface area (Å²) in [6.07, 6.45) is 3.30. The third kappa shape index (κ3) is 4.50. The number of benzene rings is 1. The third-order valence-electron chi connectivity index (χ3n) is 5.59. The van der Waals surface area contributed by atoms with Crippen LogP contribution in [0.2, 0.25) is 0 Å². The lowest BCUT2D eigenvalue weighted by molar-refractivity contribution is -0.121. The molecule has 3 heterocycles. The van der Waals surface area contributed by atoms with E-state index in [9.17, 15) is 9.59 Å². The predicted octanol–water partition coefficient (Wildman–Crippen LogP) is 2.93. The smallest absolute Gasteiger partial charge is 0.410 e. The quantitative estimate of drug-likeness (QED) is 0.761. The van der Waals surface area contributed by atoms with E-state index in [1.807, 2.05) is 31.7 Å². The Morgan fingerprint density at radius 3 is 2.59 bits per heavy atom. The Morgan fingerprint density at radius 2 is 1.93 bits per heavy atom. The van der Waals surface area contributed by atoms with Gasteiger partial charge in [-0.1, -0.05) is 0 Å². The van der Waals surface area contributed by atoms with Gasteiger partial charge < -0.3 is 24.0 Å². The molecule has 158 valence electrons. The molecule has 1 aromatic rings. The number of nitrogens with zero attached hydrogens (tertiary/aromatic N) is 2. The van der Waals surface area contributed by atoms with E-state index in [-0.39, 0.29) is 24.7 Å². The van der Waals surface area contributed by atoms with Gasteiger partial charge in [0.2, 0.25) is 0 Å². The Balaban J connectivity index is 1.53. The van der Waals surface area contributed by atoms with Crippen molar-refractivity contribution < 1.29 is 23.8 Å². The highest BCUT2D eigenvalue weighted by Crippen LogP contribution is 2.37. The molecule has 0 bridgehead atoms. The molecule has 0 spiro atoms. The largest absolute Gasteiger partial charge is 0.482 e. The Kier molecular flexibility index (Phi) is 5.42. The summed E-state index contributed by atoms with van der Waals surface area (Å²) in [5.74, 6) is 0.712. The molecule has 7 heteroatoms. The summed E-state index contributed by atoms with van der Waals surface area (Å²) in [6, 6.07) is 4.10. The number of carbonyl (C=O) groups is 2. The van der Waals surface area contributed by atoms with Crippen molar-refractivity contribution in [1.82, 2.24) is 4.90 Å². The van der Waals surface area contributed by atoms with Crippen LogP contribution in [0, 0.1) is 0 Å². The minimum atomic E-state index is -0.508. The number of carbonyl (C=O) groups excluding carboxylic acids is 2. The molecule has 0 aromatic heterocycles. The van der Waals surface area contributed by atoms with E-state index in [1.165, 1.54) is 5.56 Å². The fourth-order valence-electron chi connectivity index (χ4n) is 4.12. The van der Waals surface area contributed by atoms with Crippen LogP contribution in [0.25, 0.3) is 0 Å². The summed E-state index contributed by atoms with van der Waals surface area (Å²) in [4.78, 5) is 28.6. The summed E-state index contributed by atoms with van der Waals surface area (Å²) in [7, 11) is 0. The molecule has 1 atom stereocenters. The molecule has 2 amide bonds. The van der Waals surface area contributed by atoms with Crippen molar-refractivity contribution in [2.75, 3.05) is 37.7 Å². The first-order valence-electron chi connectivity index (χ1n) is 10.5. The van der Waals surface area contributed by atoms with Crippen LogP contribution in [0.4, 0.5) is 10.5 Å². The minimum absolute atomic E-state index is 0.0306. The normalized spacial score (nSPS) is 21.9. The lowest BCUT2D eigenvalue weighted by Gasteiger charge is -2.32. The number of ether oxygens (including phenoxy) is 3. The first-order chi connectivity index (χ1) is 13.8. The van der Waals surface area contributed by atoms with Gasteiger partial charge in [0.05, 0.1) is 18.3 Å². The zero-order valence-electron chi connectivity index (χ0n) is 17.5. The Bertz CT molecular complexity index is 795. The van der Waals surface area contributed by atoms with Gasteiger partial charge >= 0.3 is 6.09 Å². The molecule has 29 heavy (non-hydrogen) atoms. The molecule has 1 fully saturated rings. The topological polar surface area (TPSA) is 68.3 Å². The lowest BCUT2D eigenvalue weighted by Crippen LogP contribution is -2.43. The highest BCUT2D eigenvalue weighted by Gasteiger charge is 2.31. The van der Waals surface area contributed by atoms with Crippen LogP contribution in [0.5, 0.6) is 5.75 Å². The summed E-state index contributed by atoms with van der Waals surface area (Å²) >= 11 is 0. The van der Waals surface area contributed by atoms with E-state index in [4.69, 9.17) is 14.2 Å². The van der Waals surface area contributed by atoms with Crippen molar-refractivity contribution in [2.24, 2.45) is 0 Å². The van der Waals surface area contributed by atoms with Gasteiger partial charge in [0, 0.05) is 19.7 Å². The van der Waals surface area contributed by atoms with Crippen LogP contribution in [0.15, 0.2) is 12.1 Å². The third-order valence-corrected chi connectivity index (χ3v) is 5.59. The van der Waals surface area contributed by atoms with Gasteiger partial charge in [-0.2, -0.15) is 0 Å². The molecule has 7 nitrogen and oxygen atoms in total. The minimum Gasteiger partial charge on any atom is -0.482 e. The van der Waals surface area contributed by atoms with Gasteiger partial charge in [-0.05, 0) is 69.7 Å². The van der Waals surface area contributed by atoms with Crippen molar-refractivity contribution in [3.8, 4) is 5.75 Å². The first kappa shape index (κ1) is 20.0. The molecule has 0 aliphatic carbocycles. The zero-order valence-corrected chi connectivity index (χ0v) is 17.5. The van der Waals surface area contributed by atoms with Crippen LogP contribution in [-0.2, 0) is 27.1 Å². The van der Waals surface area contributed by atoms with Crippen molar-refractivity contribution in [3.05, 3.63) is 23.3 Å². The molecule has 0 radical (unpaired) electrons. The van der Waals surface area contributed by atoms with Crippen molar-refractivity contribution in [3.63, 3.8) is 0 Å². The molecular weight excluding hydrogens is 372 g/mol. The van der Waals surface area contributed by atoms with Gasteiger partial charge in [-0.3, -0.25) is 4.79 Å². The maximum atomic E-state index is 12.5. The van der Waals surface area contributed by atoms with Crippen LogP contribution in [-0.4, -0.2) is 61.5 Å². The molecule has 1 saturated heterocycles. The number of rotatable bonds is 2. The number of anilines is 1. The monoisotopic (exact) mass is 402 g/mol. The number of hydrogen-bond donors (Lipinski definition) is 0. The van der Waals surface area contributed by atoms with E-state index in [0.29, 0.717) is 19.6 Å². The molecule has 1 aromatic carbocycles. The van der Waals surface area contributed by atoms with Crippen molar-refractivity contribution in [2.45, 2.75) is 58.2 Å². The molecule has 0 saturated carbocycles. The van der Waals surface area contributed by atoms with Gasteiger partial charge in [-0.15, -0.1) is 0 Å². The number of amides is 2. The average molecular weight is 402 g/mol. The Labute approximate surface area is 171 Å². The SMILES string of the molecule is CC(C)(C)OC(=O)N1CCc2cc3c(cc2CC1)N(C[C@@H]1CCCO1)C(=O)CO3. The van der Waals surface area contributed by atoms with Crippen LogP contribution >= 0.6 is 0 Å². The Hall–Kier alpha value is -2.28. The number of hydrogen-bond acceptors (Lipinski definition) is 5. The highest BCUT2D eigenvalue weighted by molar-refractivity contribution is 5.98. The lowest BCUT2D eigenvalue weighted by atomic mass is 10.00. The zero-order chi connectivity index (χ0) is 20.6. The van der Waals surface area contributed by atoms with Crippen molar-refractivity contribution in [1.29, 1.82) is 0 Å². The predicted molar refractivity (Wildman–Crippen MR) is 108 cm³/mol. The maximum Gasteiger partial charge on any atom is 0.410 e. The molecule has 3 aliphatic rings. The molecule has 0 N–H and O–H groups in total. The molecular formula is C22H30N2O5. The van der Waals surface area contributed by atoms with Crippen molar-refractivity contribution >= 4 is 17.7 Å². The Morgan fingerprint density at radius 1 is 1.21 bits per heavy atom. The summed E-state index contributed by atoms with van der Waals surface area (Å²) in [5.41, 5.74) is 2.64. The second kappa shape index (κ2) is 7.86. The fraction of sp³-hybridized carbons (Fsp3) is 0.636. The highest BCUT2D eigenvalue weighted by atomic mass is 16.6. The van der Waals surface area contributed by atoms with Gasteiger partial charge in [0.25, 0.3) is 5.91 Å². The van der Waals surface area contributed by atoms with E-state index < -0.39 is 5.60 Å². The summed E-state index contributed by atoms with van der Waals surface area (Å²) in [6.45, 7) is 8.23. The van der Waals surface area contributed by atoms with Gasteiger partial charge in [0.15, 0.2) is 6.61 Å². The van der Waals surface area contributed by atoms with E-state index in [2.05, 4.69) is 6.07 Å². The molecule has 3 aliphatic heterocycles. The second-order valence-electron chi connectivity index (χ2n) is 8.98. The van der Waals surface area contributed by atoms with E-state index in [1.54, 1.807) is 4.90 Å². The van der Waals surface area contributed by atoms with E-state index in [0.717, 1.165) is 49.3 Å². The van der Waals surface area contributed by atoms with Gasteiger partial charge in [0.1, 0.15) is 11.4 Å². The standard InChI is InChI=1S/C22H30N2O5/c1-22(2,3)29-21(26)23-8-6-15-11-18-19(12-16(15)7-9-23)28-14-20(25)24(18)13-17-5-4-10-27-17/h11-12,17H,4-10,13-14H2,1-3H3/t17-/m0/s1. The van der Waals surface area contributed by atoms with E-state index >= 15 is 0 Å². The fourth-order valence-corrected chi connectivity index (χ4v) is 4.12. The second-order valence-corrected chi connectivity index (χ2v) is 8.98. The van der Waals surface area contributed by atoms with Gasteiger partial charge in [-0.25, -0.2) is 4.79 Å². The summed E-state index contributed by atoms with van der Waals surface area (Å²) < 4.78 is 17.0. The number of fused-ring (bicyclic) bond motifs is 2. The average Bonchev–Trinajstić information content (AvgIpc) is 3.07. The van der Waals surface area contributed by atoms with Crippen LogP contribution in [0.1, 0.15) is 44.7 Å². The summed E-state index contributed by atoms with van der Waals surface area (Å²) in [5, 5.41) is 0.